The maximum absolute atomic E-state index is 9.27. The van der Waals surface area contributed by atoms with E-state index >= 15 is 0 Å². The fourth-order valence-corrected chi connectivity index (χ4v) is 4.30. The fourth-order valence-electron chi connectivity index (χ4n) is 4.30. The molecular weight excluding hydrogens is 210 g/mol. The van der Waals surface area contributed by atoms with Gasteiger partial charge in [-0.1, -0.05) is 27.7 Å². The predicted octanol–water partition coefficient (Wildman–Crippen LogP) is 2.81. The molecule has 2 heteroatoms. The van der Waals surface area contributed by atoms with Gasteiger partial charge in [0, 0.05) is 18.7 Å². The molecule has 2 bridgehead atoms. The van der Waals surface area contributed by atoms with Gasteiger partial charge in [-0.15, -0.1) is 0 Å². The summed E-state index contributed by atoms with van der Waals surface area (Å²) in [5.74, 6) is 1.23. The van der Waals surface area contributed by atoms with Gasteiger partial charge in [-0.25, -0.2) is 0 Å². The van der Waals surface area contributed by atoms with Gasteiger partial charge < -0.3 is 10.4 Å². The molecule has 17 heavy (non-hydrogen) atoms. The average Bonchev–Trinajstić information content (AvgIpc) is 2.74. The van der Waals surface area contributed by atoms with Crippen LogP contribution in [-0.2, 0) is 0 Å². The number of hydrogen-bond donors (Lipinski definition) is 2. The molecule has 2 nitrogen and oxygen atoms in total. The van der Waals surface area contributed by atoms with Gasteiger partial charge in [0.25, 0.3) is 0 Å². The Labute approximate surface area is 106 Å². The molecule has 0 saturated heterocycles. The molecule has 2 aliphatic carbocycles. The normalized spacial score (nSPS) is 42.7. The number of rotatable bonds is 4. The molecule has 0 aromatic heterocycles. The molecule has 0 heterocycles. The summed E-state index contributed by atoms with van der Waals surface area (Å²) in [5, 5.41) is 13.1. The lowest BCUT2D eigenvalue weighted by atomic mass is 9.68. The van der Waals surface area contributed by atoms with Gasteiger partial charge in [-0.05, 0) is 48.9 Å². The Bertz CT molecular complexity index is 284. The van der Waals surface area contributed by atoms with E-state index in [1.165, 1.54) is 19.3 Å². The Morgan fingerprint density at radius 2 is 1.94 bits per heavy atom. The Kier molecular flexibility index (Phi) is 3.33. The van der Waals surface area contributed by atoms with E-state index < -0.39 is 0 Å². The lowest BCUT2D eigenvalue weighted by Gasteiger charge is -2.45. The van der Waals surface area contributed by atoms with E-state index in [2.05, 4.69) is 39.9 Å². The third-order valence-corrected chi connectivity index (χ3v) is 5.84. The highest BCUT2D eigenvalue weighted by molar-refractivity contribution is 5.12. The highest BCUT2D eigenvalue weighted by Crippen LogP contribution is 2.62. The first-order valence-corrected chi connectivity index (χ1v) is 7.18. The van der Waals surface area contributed by atoms with Gasteiger partial charge in [0.05, 0.1) is 0 Å². The summed E-state index contributed by atoms with van der Waals surface area (Å²) in [6.45, 7) is 11.9. The molecule has 0 amide bonds. The van der Waals surface area contributed by atoms with Crippen molar-refractivity contribution in [2.45, 2.75) is 66.0 Å². The van der Waals surface area contributed by atoms with Crippen molar-refractivity contribution in [1.29, 1.82) is 0 Å². The van der Waals surface area contributed by atoms with Crippen molar-refractivity contribution in [3.8, 4) is 0 Å². The second-order valence-corrected chi connectivity index (χ2v) is 7.46. The average molecular weight is 239 g/mol. The Balaban J connectivity index is 2.10. The van der Waals surface area contributed by atoms with E-state index in [0.717, 1.165) is 5.92 Å². The van der Waals surface area contributed by atoms with Crippen molar-refractivity contribution < 1.29 is 5.11 Å². The zero-order valence-electron chi connectivity index (χ0n) is 12.1. The van der Waals surface area contributed by atoms with Crippen LogP contribution in [0, 0.1) is 22.7 Å². The van der Waals surface area contributed by atoms with E-state index in [1.54, 1.807) is 0 Å². The minimum atomic E-state index is 0.279. The molecule has 2 fully saturated rings. The number of aliphatic hydroxyl groups is 1. The van der Waals surface area contributed by atoms with E-state index in [4.69, 9.17) is 0 Å². The summed E-state index contributed by atoms with van der Waals surface area (Å²) in [4.78, 5) is 0. The van der Waals surface area contributed by atoms with Crippen LogP contribution in [0.25, 0.3) is 0 Å². The second-order valence-electron chi connectivity index (χ2n) is 7.46. The van der Waals surface area contributed by atoms with Gasteiger partial charge in [-0.2, -0.15) is 0 Å². The smallest absolute Gasteiger partial charge is 0.0471 e. The van der Waals surface area contributed by atoms with Crippen LogP contribution in [0.3, 0.4) is 0 Å². The van der Waals surface area contributed by atoms with E-state index in [0.29, 0.717) is 28.8 Å². The number of nitrogens with one attached hydrogen (secondary N) is 1. The molecule has 5 atom stereocenters. The van der Waals surface area contributed by atoms with Gasteiger partial charge in [0.2, 0.25) is 0 Å². The molecule has 100 valence electrons. The lowest BCUT2D eigenvalue weighted by molar-refractivity contribution is 0.0856. The van der Waals surface area contributed by atoms with Gasteiger partial charge in [0.15, 0.2) is 0 Å². The predicted molar refractivity (Wildman–Crippen MR) is 71.9 cm³/mol. The van der Waals surface area contributed by atoms with E-state index in [-0.39, 0.29) is 6.61 Å². The molecule has 0 aromatic rings. The fraction of sp³-hybridized carbons (Fsp3) is 1.00. The van der Waals surface area contributed by atoms with Crippen molar-refractivity contribution in [2.24, 2.45) is 22.7 Å². The molecule has 0 aliphatic heterocycles. The van der Waals surface area contributed by atoms with Crippen molar-refractivity contribution in [3.63, 3.8) is 0 Å². The largest absolute Gasteiger partial charge is 0.396 e. The van der Waals surface area contributed by atoms with Crippen molar-refractivity contribution in [2.75, 3.05) is 6.61 Å². The first-order chi connectivity index (χ1) is 7.81. The minimum absolute atomic E-state index is 0.279. The van der Waals surface area contributed by atoms with Crippen LogP contribution < -0.4 is 5.32 Å². The van der Waals surface area contributed by atoms with Crippen molar-refractivity contribution in [3.05, 3.63) is 0 Å². The topological polar surface area (TPSA) is 32.3 Å². The van der Waals surface area contributed by atoms with Crippen LogP contribution >= 0.6 is 0 Å². The quantitative estimate of drug-likeness (QED) is 0.790. The summed E-state index contributed by atoms with van der Waals surface area (Å²) >= 11 is 0. The van der Waals surface area contributed by atoms with Crippen molar-refractivity contribution in [1.82, 2.24) is 5.32 Å². The van der Waals surface area contributed by atoms with Crippen LogP contribution in [0.4, 0.5) is 0 Å². The number of aliphatic hydroxyl groups excluding tert-OH is 1. The van der Waals surface area contributed by atoms with Gasteiger partial charge in [-0.3, -0.25) is 0 Å². The molecule has 2 N–H and O–H groups in total. The Morgan fingerprint density at radius 1 is 1.29 bits per heavy atom. The van der Waals surface area contributed by atoms with Gasteiger partial charge in [0.1, 0.15) is 0 Å². The number of hydrogen-bond acceptors (Lipinski definition) is 2. The van der Waals surface area contributed by atoms with Crippen LogP contribution in [0.5, 0.6) is 0 Å². The molecule has 2 aliphatic rings. The molecule has 5 unspecified atom stereocenters. The van der Waals surface area contributed by atoms with E-state index in [1.807, 2.05) is 0 Å². The summed E-state index contributed by atoms with van der Waals surface area (Å²) in [5.41, 5.74) is 0.897. The third-order valence-electron chi connectivity index (χ3n) is 5.84. The summed E-state index contributed by atoms with van der Waals surface area (Å²) < 4.78 is 0. The zero-order valence-corrected chi connectivity index (χ0v) is 12.1. The lowest BCUT2D eigenvalue weighted by Crippen LogP contribution is -2.54. The maximum atomic E-state index is 9.27. The molecular formula is C15H29NO. The standard InChI is InChI=1S/C15H29NO/c1-10(9-17)11(2)16-13-14(3,4)12-6-7-15(13,5)8-12/h10-13,16-17H,6-9H2,1-5H3. The summed E-state index contributed by atoms with van der Waals surface area (Å²) in [6, 6.07) is 1.01. The maximum Gasteiger partial charge on any atom is 0.0471 e. The SMILES string of the molecule is CC(CO)C(C)NC1C2(C)CCC(C2)C1(C)C. The summed E-state index contributed by atoms with van der Waals surface area (Å²) in [7, 11) is 0. The molecule has 0 aromatic carbocycles. The van der Waals surface area contributed by atoms with E-state index in [9.17, 15) is 5.11 Å². The molecule has 0 radical (unpaired) electrons. The second kappa shape index (κ2) is 4.24. The highest BCUT2D eigenvalue weighted by atomic mass is 16.3. The zero-order chi connectivity index (χ0) is 12.8. The highest BCUT2D eigenvalue weighted by Gasteiger charge is 2.59. The van der Waals surface area contributed by atoms with Gasteiger partial charge >= 0.3 is 0 Å². The molecule has 2 saturated carbocycles. The minimum Gasteiger partial charge on any atom is -0.396 e. The van der Waals surface area contributed by atoms with Crippen LogP contribution in [-0.4, -0.2) is 23.8 Å². The monoisotopic (exact) mass is 239 g/mol. The van der Waals surface area contributed by atoms with Crippen LogP contribution in [0.15, 0.2) is 0 Å². The van der Waals surface area contributed by atoms with Crippen LogP contribution in [0.1, 0.15) is 53.9 Å². The molecule has 2 rings (SSSR count). The Morgan fingerprint density at radius 3 is 2.41 bits per heavy atom. The number of fused-ring (bicyclic) bond motifs is 2. The summed E-state index contributed by atoms with van der Waals surface area (Å²) in [6.07, 6.45) is 4.17. The van der Waals surface area contributed by atoms with Crippen molar-refractivity contribution >= 4 is 0 Å². The first kappa shape index (κ1) is 13.4. The first-order valence-electron chi connectivity index (χ1n) is 7.18. The third kappa shape index (κ3) is 2.04. The Hall–Kier alpha value is -0.0800. The van der Waals surface area contributed by atoms with Crippen LogP contribution in [0.2, 0.25) is 0 Å². The molecule has 0 spiro atoms.